The average molecular weight is 503 g/mol. The van der Waals surface area contributed by atoms with Crippen molar-refractivity contribution >= 4 is 35.8 Å². The smallest absolute Gasteiger partial charge is 0.222 e. The Balaban J connectivity index is 0.00000729. The van der Waals surface area contributed by atoms with E-state index in [0.29, 0.717) is 19.1 Å². The van der Waals surface area contributed by atoms with Crippen molar-refractivity contribution in [3.05, 3.63) is 35.9 Å². The Kier molecular flexibility index (Phi) is 14.8. The Morgan fingerprint density at radius 3 is 2.32 bits per heavy atom. The Bertz CT molecular complexity index is 565. The Labute approximate surface area is 188 Å². The summed E-state index contributed by atoms with van der Waals surface area (Å²) in [5.74, 6) is 0.893. The zero-order valence-corrected chi connectivity index (χ0v) is 20.3. The van der Waals surface area contributed by atoms with E-state index in [-0.39, 0.29) is 35.8 Å². The Hall–Kier alpha value is -1.35. The highest BCUT2D eigenvalue weighted by molar-refractivity contribution is 14.0. The number of aliphatic imine (C=N–C) groups is 1. The molecule has 1 atom stereocenters. The number of nitrogens with zero attached hydrogens (tertiary/aromatic N) is 2. The van der Waals surface area contributed by atoms with Crippen LogP contribution in [0.1, 0.15) is 39.7 Å². The van der Waals surface area contributed by atoms with E-state index in [4.69, 9.17) is 0 Å². The summed E-state index contributed by atoms with van der Waals surface area (Å²) < 4.78 is 0. The van der Waals surface area contributed by atoms with Gasteiger partial charge in [0.1, 0.15) is 0 Å². The van der Waals surface area contributed by atoms with Crippen LogP contribution in [0.5, 0.6) is 0 Å². The molecule has 1 rings (SSSR count). The number of halogens is 1. The summed E-state index contributed by atoms with van der Waals surface area (Å²) in [6.07, 6.45) is 0.990. The van der Waals surface area contributed by atoms with E-state index in [1.165, 1.54) is 5.56 Å². The lowest BCUT2D eigenvalue weighted by Gasteiger charge is -2.24. The molecule has 0 saturated carbocycles. The van der Waals surface area contributed by atoms with E-state index in [0.717, 1.165) is 32.0 Å². The van der Waals surface area contributed by atoms with Crippen LogP contribution in [0.4, 0.5) is 0 Å². The number of hydrogen-bond acceptors (Lipinski definition) is 3. The third-order valence-electron chi connectivity index (χ3n) is 4.43. The third-order valence-corrected chi connectivity index (χ3v) is 4.43. The number of nitrogens with one attached hydrogen (secondary N) is 3. The van der Waals surface area contributed by atoms with Crippen LogP contribution in [0, 0.1) is 5.92 Å². The van der Waals surface area contributed by atoms with Crippen molar-refractivity contribution in [2.45, 2.75) is 46.7 Å². The molecule has 0 spiro atoms. The van der Waals surface area contributed by atoms with Crippen molar-refractivity contribution in [3.8, 4) is 0 Å². The van der Waals surface area contributed by atoms with E-state index in [2.05, 4.69) is 64.1 Å². The van der Waals surface area contributed by atoms with Crippen LogP contribution in [0.2, 0.25) is 0 Å². The molecule has 0 heterocycles. The standard InChI is InChI=1S/C21H37N5O.HI/c1-6-22-21(25-15-14-23-20(27)17(2)3)24-13-12-18(4)26(5)16-19-10-8-7-9-11-19;/h7-11,17-18H,6,12-16H2,1-5H3,(H,23,27)(H2,22,24,25);1H. The highest BCUT2D eigenvalue weighted by atomic mass is 127. The molecule has 0 aromatic heterocycles. The van der Waals surface area contributed by atoms with Gasteiger partial charge in [-0.25, -0.2) is 0 Å². The SMILES string of the molecule is CCNC(=NCCC(C)N(C)Cc1ccccc1)NCCNC(=O)C(C)C.I. The lowest BCUT2D eigenvalue weighted by atomic mass is 10.1. The van der Waals surface area contributed by atoms with Crippen molar-refractivity contribution in [2.75, 3.05) is 33.2 Å². The second-order valence-electron chi connectivity index (χ2n) is 7.17. The zero-order valence-electron chi connectivity index (χ0n) is 18.0. The first-order valence-corrected chi connectivity index (χ1v) is 9.98. The molecular formula is C21H38IN5O. The van der Waals surface area contributed by atoms with Crippen LogP contribution < -0.4 is 16.0 Å². The van der Waals surface area contributed by atoms with Gasteiger partial charge in [-0.1, -0.05) is 44.2 Å². The monoisotopic (exact) mass is 503 g/mol. The first-order chi connectivity index (χ1) is 12.9. The van der Waals surface area contributed by atoms with Gasteiger partial charge in [-0.15, -0.1) is 24.0 Å². The van der Waals surface area contributed by atoms with Gasteiger partial charge in [-0.2, -0.15) is 0 Å². The molecule has 160 valence electrons. The molecule has 6 nitrogen and oxygen atoms in total. The number of rotatable bonds is 11. The van der Waals surface area contributed by atoms with Crippen LogP contribution in [-0.2, 0) is 11.3 Å². The number of guanidine groups is 1. The van der Waals surface area contributed by atoms with Crippen LogP contribution in [-0.4, -0.2) is 56.0 Å². The lowest BCUT2D eigenvalue weighted by molar-refractivity contribution is -0.123. The molecule has 28 heavy (non-hydrogen) atoms. The third kappa shape index (κ3) is 11.5. The maximum Gasteiger partial charge on any atom is 0.222 e. The van der Waals surface area contributed by atoms with Crippen LogP contribution in [0.25, 0.3) is 0 Å². The molecule has 7 heteroatoms. The lowest BCUT2D eigenvalue weighted by Crippen LogP contribution is -2.42. The molecule has 0 aliphatic rings. The van der Waals surface area contributed by atoms with Gasteiger partial charge in [0, 0.05) is 44.7 Å². The summed E-state index contributed by atoms with van der Waals surface area (Å²) in [4.78, 5) is 18.6. The van der Waals surface area contributed by atoms with Gasteiger partial charge in [-0.3, -0.25) is 14.7 Å². The molecule has 1 amide bonds. The molecule has 1 aromatic carbocycles. The minimum absolute atomic E-state index is 0. The second-order valence-corrected chi connectivity index (χ2v) is 7.17. The summed E-state index contributed by atoms with van der Waals surface area (Å²) in [6, 6.07) is 11.0. The predicted molar refractivity (Wildman–Crippen MR) is 129 cm³/mol. The Morgan fingerprint density at radius 1 is 1.07 bits per heavy atom. The van der Waals surface area contributed by atoms with Crippen molar-refractivity contribution in [2.24, 2.45) is 10.9 Å². The average Bonchev–Trinajstić information content (AvgIpc) is 2.65. The van der Waals surface area contributed by atoms with E-state index in [1.54, 1.807) is 0 Å². The van der Waals surface area contributed by atoms with E-state index < -0.39 is 0 Å². The molecule has 0 fully saturated rings. The van der Waals surface area contributed by atoms with Crippen molar-refractivity contribution in [1.82, 2.24) is 20.9 Å². The van der Waals surface area contributed by atoms with Gasteiger partial charge in [0.25, 0.3) is 0 Å². The molecule has 0 aliphatic carbocycles. The maximum atomic E-state index is 11.6. The number of hydrogen-bond donors (Lipinski definition) is 3. The number of benzene rings is 1. The van der Waals surface area contributed by atoms with Gasteiger partial charge in [0.05, 0.1) is 0 Å². The molecule has 1 aromatic rings. The van der Waals surface area contributed by atoms with Gasteiger partial charge in [0.15, 0.2) is 5.96 Å². The largest absolute Gasteiger partial charge is 0.357 e. The first-order valence-electron chi connectivity index (χ1n) is 9.98. The van der Waals surface area contributed by atoms with Crippen LogP contribution in [0.3, 0.4) is 0 Å². The summed E-state index contributed by atoms with van der Waals surface area (Å²) in [5.41, 5.74) is 1.33. The van der Waals surface area contributed by atoms with Gasteiger partial charge in [0.2, 0.25) is 5.91 Å². The van der Waals surface area contributed by atoms with E-state index in [9.17, 15) is 4.79 Å². The van der Waals surface area contributed by atoms with Gasteiger partial charge < -0.3 is 16.0 Å². The van der Waals surface area contributed by atoms with Crippen molar-refractivity contribution < 1.29 is 4.79 Å². The summed E-state index contributed by atoms with van der Waals surface area (Å²) in [5, 5.41) is 9.42. The van der Waals surface area contributed by atoms with Gasteiger partial charge in [-0.05, 0) is 32.9 Å². The summed E-state index contributed by atoms with van der Waals surface area (Å²) >= 11 is 0. The highest BCUT2D eigenvalue weighted by Gasteiger charge is 2.09. The fraction of sp³-hybridized carbons (Fsp3) is 0.619. The molecule has 0 aliphatic heterocycles. The molecular weight excluding hydrogens is 465 g/mol. The minimum atomic E-state index is 0. The van der Waals surface area contributed by atoms with Crippen molar-refractivity contribution in [1.29, 1.82) is 0 Å². The second kappa shape index (κ2) is 15.6. The van der Waals surface area contributed by atoms with Crippen molar-refractivity contribution in [3.63, 3.8) is 0 Å². The van der Waals surface area contributed by atoms with Crippen LogP contribution in [0.15, 0.2) is 35.3 Å². The van der Waals surface area contributed by atoms with E-state index in [1.807, 2.05) is 26.8 Å². The molecule has 0 bridgehead atoms. The molecule has 0 saturated heterocycles. The minimum Gasteiger partial charge on any atom is -0.357 e. The first kappa shape index (κ1) is 26.6. The number of carbonyl (C=O) groups is 1. The molecule has 3 N–H and O–H groups in total. The zero-order chi connectivity index (χ0) is 20.1. The van der Waals surface area contributed by atoms with Gasteiger partial charge >= 0.3 is 0 Å². The predicted octanol–water partition coefficient (Wildman–Crippen LogP) is 2.84. The summed E-state index contributed by atoms with van der Waals surface area (Å²) in [6.45, 7) is 11.8. The Morgan fingerprint density at radius 2 is 1.71 bits per heavy atom. The fourth-order valence-electron chi connectivity index (χ4n) is 2.52. The number of amides is 1. The topological polar surface area (TPSA) is 68.8 Å². The fourth-order valence-corrected chi connectivity index (χ4v) is 2.52. The quantitative estimate of drug-likeness (QED) is 0.188. The summed E-state index contributed by atoms with van der Waals surface area (Å²) in [7, 11) is 2.16. The molecule has 0 radical (unpaired) electrons. The normalized spacial score (nSPS) is 12.5. The molecule has 1 unspecified atom stereocenters. The number of carbonyl (C=O) groups excluding carboxylic acids is 1. The van der Waals surface area contributed by atoms with Crippen LogP contribution >= 0.6 is 24.0 Å². The maximum absolute atomic E-state index is 11.6. The van der Waals surface area contributed by atoms with E-state index >= 15 is 0 Å². The highest BCUT2D eigenvalue weighted by Crippen LogP contribution is 2.08.